The SMILES string of the molecule is COc1ccc(-n2c(SCC(=O)N(C)[C@@H]3CCS(=O)(=O)C3)nc3ccc(O)cc3c2=O)cc1OC. The van der Waals surface area contributed by atoms with Gasteiger partial charge in [-0.05, 0) is 36.8 Å². The van der Waals surface area contributed by atoms with Gasteiger partial charge in [-0.25, -0.2) is 13.4 Å². The fraction of sp³-hybridized carbons (Fsp3) is 0.348. The molecule has 0 aliphatic carbocycles. The van der Waals surface area contributed by atoms with E-state index in [2.05, 4.69) is 4.98 Å². The highest BCUT2D eigenvalue weighted by Gasteiger charge is 2.32. The molecule has 0 unspecified atom stereocenters. The van der Waals surface area contributed by atoms with Crippen molar-refractivity contribution in [3.63, 3.8) is 0 Å². The molecule has 1 N–H and O–H groups in total. The van der Waals surface area contributed by atoms with E-state index in [4.69, 9.17) is 9.47 Å². The molecule has 10 nitrogen and oxygen atoms in total. The quantitative estimate of drug-likeness (QED) is 0.367. The zero-order valence-electron chi connectivity index (χ0n) is 19.4. The van der Waals surface area contributed by atoms with Crippen LogP contribution in [0.15, 0.2) is 46.3 Å². The molecule has 3 aromatic rings. The Morgan fingerprint density at radius 3 is 2.60 bits per heavy atom. The highest BCUT2D eigenvalue weighted by Crippen LogP contribution is 2.31. The summed E-state index contributed by atoms with van der Waals surface area (Å²) in [6.45, 7) is 0. The Kier molecular flexibility index (Phi) is 6.95. The number of rotatable bonds is 7. The van der Waals surface area contributed by atoms with Gasteiger partial charge in [0.15, 0.2) is 26.5 Å². The zero-order chi connectivity index (χ0) is 25.3. The molecule has 1 atom stereocenters. The maximum Gasteiger partial charge on any atom is 0.266 e. The first-order valence-electron chi connectivity index (χ1n) is 10.7. The van der Waals surface area contributed by atoms with Crippen molar-refractivity contribution in [1.29, 1.82) is 0 Å². The predicted octanol–water partition coefficient (Wildman–Crippen LogP) is 1.85. The number of hydrogen-bond acceptors (Lipinski definition) is 9. The Hall–Kier alpha value is -3.25. The van der Waals surface area contributed by atoms with E-state index in [-0.39, 0.29) is 45.5 Å². The largest absolute Gasteiger partial charge is 0.508 e. The van der Waals surface area contributed by atoms with Gasteiger partial charge in [0.1, 0.15) is 5.75 Å². The van der Waals surface area contributed by atoms with Crippen LogP contribution in [-0.2, 0) is 14.6 Å². The summed E-state index contributed by atoms with van der Waals surface area (Å²) < 4.78 is 35.6. The lowest BCUT2D eigenvalue weighted by Gasteiger charge is -2.23. The molecular formula is C23H25N3O7S2. The lowest BCUT2D eigenvalue weighted by molar-refractivity contribution is -0.128. The topological polar surface area (TPSA) is 128 Å². The number of hydrogen-bond donors (Lipinski definition) is 1. The highest BCUT2D eigenvalue weighted by molar-refractivity contribution is 7.99. The van der Waals surface area contributed by atoms with Gasteiger partial charge >= 0.3 is 0 Å². The third kappa shape index (κ3) is 5.08. The van der Waals surface area contributed by atoms with E-state index in [1.165, 1.54) is 41.9 Å². The molecule has 4 rings (SSSR count). The number of aromatic nitrogens is 2. The number of carbonyl (C=O) groups excluding carboxylic acids is 1. The number of thioether (sulfide) groups is 1. The van der Waals surface area contributed by atoms with Crippen molar-refractivity contribution >= 4 is 38.4 Å². The Balaban J connectivity index is 1.72. The minimum absolute atomic E-state index is 0.0453. The Morgan fingerprint density at radius 1 is 1.20 bits per heavy atom. The first-order valence-corrected chi connectivity index (χ1v) is 13.5. The van der Waals surface area contributed by atoms with E-state index in [1.807, 2.05) is 0 Å². The summed E-state index contributed by atoms with van der Waals surface area (Å²) >= 11 is 1.07. The van der Waals surface area contributed by atoms with Gasteiger partial charge in [-0.15, -0.1) is 0 Å². The van der Waals surface area contributed by atoms with Crippen LogP contribution < -0.4 is 15.0 Å². The van der Waals surface area contributed by atoms with E-state index < -0.39 is 15.4 Å². The second-order valence-electron chi connectivity index (χ2n) is 8.13. The molecule has 1 aromatic heterocycles. The summed E-state index contributed by atoms with van der Waals surface area (Å²) in [6.07, 6.45) is 0.406. The van der Waals surface area contributed by atoms with E-state index in [0.29, 0.717) is 29.1 Å². The Morgan fingerprint density at radius 2 is 1.94 bits per heavy atom. The second kappa shape index (κ2) is 9.78. The standard InChI is InChI=1S/C23H25N3O7S2/c1-25(15-8-9-35(30,31)13-15)21(28)12-34-23-24-18-6-5-16(27)11-17(18)22(29)26(23)14-4-7-19(32-2)20(10-14)33-3/h4-7,10-11,15,27H,8-9,12-13H2,1-3H3/t15-/m1/s1. The van der Waals surface area contributed by atoms with Crippen LogP contribution in [0.2, 0.25) is 0 Å². The van der Waals surface area contributed by atoms with Crippen LogP contribution in [0, 0.1) is 0 Å². The molecule has 1 fully saturated rings. The van der Waals surface area contributed by atoms with Gasteiger partial charge in [-0.1, -0.05) is 11.8 Å². The van der Waals surface area contributed by atoms with Crippen molar-refractivity contribution in [2.45, 2.75) is 17.6 Å². The van der Waals surface area contributed by atoms with E-state index >= 15 is 0 Å². The van der Waals surface area contributed by atoms with Gasteiger partial charge in [0, 0.05) is 19.2 Å². The number of benzene rings is 2. The van der Waals surface area contributed by atoms with Gasteiger partial charge in [0.25, 0.3) is 5.56 Å². The highest BCUT2D eigenvalue weighted by atomic mass is 32.2. The monoisotopic (exact) mass is 519 g/mol. The maximum atomic E-state index is 13.5. The van der Waals surface area contributed by atoms with Crippen LogP contribution in [0.4, 0.5) is 0 Å². The molecule has 1 amide bonds. The first-order chi connectivity index (χ1) is 16.6. The van der Waals surface area contributed by atoms with Crippen molar-refractivity contribution in [3.05, 3.63) is 46.8 Å². The molecule has 0 saturated carbocycles. The number of ether oxygens (including phenoxy) is 2. The van der Waals surface area contributed by atoms with Crippen molar-refractivity contribution in [2.24, 2.45) is 0 Å². The second-order valence-corrected chi connectivity index (χ2v) is 11.3. The summed E-state index contributed by atoms with van der Waals surface area (Å²) in [5.41, 5.74) is 0.383. The molecule has 1 aliphatic heterocycles. The predicted molar refractivity (Wildman–Crippen MR) is 133 cm³/mol. The number of sulfone groups is 1. The molecule has 1 aliphatic rings. The summed E-state index contributed by atoms with van der Waals surface area (Å²) in [4.78, 5) is 32.4. The number of phenols is 1. The number of carbonyl (C=O) groups is 1. The third-order valence-electron chi connectivity index (χ3n) is 5.92. The molecule has 0 spiro atoms. The number of amides is 1. The molecule has 2 heterocycles. The van der Waals surface area contributed by atoms with Gasteiger partial charge in [0.2, 0.25) is 5.91 Å². The molecular weight excluding hydrogens is 494 g/mol. The molecule has 2 aromatic carbocycles. The number of methoxy groups -OCH3 is 2. The lowest BCUT2D eigenvalue weighted by Crippen LogP contribution is -2.39. The minimum Gasteiger partial charge on any atom is -0.508 e. The summed E-state index contributed by atoms with van der Waals surface area (Å²) in [6, 6.07) is 8.89. The average Bonchev–Trinajstić information content (AvgIpc) is 3.21. The summed E-state index contributed by atoms with van der Waals surface area (Å²) in [7, 11) is 1.44. The van der Waals surface area contributed by atoms with Gasteiger partial charge < -0.3 is 19.5 Å². The summed E-state index contributed by atoms with van der Waals surface area (Å²) in [5.74, 6) is 0.523. The van der Waals surface area contributed by atoms with Crippen molar-refractivity contribution in [2.75, 3.05) is 38.5 Å². The average molecular weight is 520 g/mol. The van der Waals surface area contributed by atoms with Crippen LogP contribution in [0.3, 0.4) is 0 Å². The number of aromatic hydroxyl groups is 1. The molecule has 12 heteroatoms. The van der Waals surface area contributed by atoms with Crippen LogP contribution in [0.25, 0.3) is 16.6 Å². The molecule has 35 heavy (non-hydrogen) atoms. The third-order valence-corrected chi connectivity index (χ3v) is 8.59. The van der Waals surface area contributed by atoms with Crippen molar-refractivity contribution in [3.8, 4) is 22.9 Å². The minimum atomic E-state index is -3.13. The number of fused-ring (bicyclic) bond motifs is 1. The number of nitrogens with zero attached hydrogens (tertiary/aromatic N) is 3. The fourth-order valence-electron chi connectivity index (χ4n) is 3.95. The Bertz CT molecular complexity index is 1450. The molecule has 0 radical (unpaired) electrons. The van der Waals surface area contributed by atoms with Crippen molar-refractivity contribution in [1.82, 2.24) is 14.5 Å². The molecule has 186 valence electrons. The van der Waals surface area contributed by atoms with Crippen LogP contribution in [-0.4, -0.2) is 78.5 Å². The van der Waals surface area contributed by atoms with Gasteiger partial charge in [0.05, 0.1) is 48.1 Å². The molecule has 0 bridgehead atoms. The van der Waals surface area contributed by atoms with Crippen molar-refractivity contribution < 1.29 is 27.8 Å². The van der Waals surface area contributed by atoms with Gasteiger partial charge in [-0.2, -0.15) is 0 Å². The maximum absolute atomic E-state index is 13.5. The molecule has 1 saturated heterocycles. The smallest absolute Gasteiger partial charge is 0.266 e. The fourth-order valence-corrected chi connectivity index (χ4v) is 6.67. The van der Waals surface area contributed by atoms with E-state index in [9.17, 15) is 23.1 Å². The van der Waals surface area contributed by atoms with Crippen LogP contribution in [0.5, 0.6) is 17.2 Å². The van der Waals surface area contributed by atoms with Gasteiger partial charge in [-0.3, -0.25) is 14.2 Å². The lowest BCUT2D eigenvalue weighted by atomic mass is 10.2. The number of phenolic OH excluding ortho intramolecular Hbond substituents is 1. The summed E-state index contributed by atoms with van der Waals surface area (Å²) in [5, 5.41) is 10.4. The van der Waals surface area contributed by atoms with E-state index in [0.717, 1.165) is 11.8 Å². The first kappa shape index (κ1) is 24.9. The zero-order valence-corrected chi connectivity index (χ0v) is 21.1. The van der Waals surface area contributed by atoms with Crippen LogP contribution >= 0.6 is 11.8 Å². The Labute approximate surface area is 206 Å². The normalized spacial score (nSPS) is 16.8. The van der Waals surface area contributed by atoms with Crippen LogP contribution in [0.1, 0.15) is 6.42 Å². The van der Waals surface area contributed by atoms with E-state index in [1.54, 1.807) is 25.2 Å².